The van der Waals surface area contributed by atoms with Crippen LogP contribution in [0, 0.1) is 5.82 Å². The Kier molecular flexibility index (Phi) is 3.56. The summed E-state index contributed by atoms with van der Waals surface area (Å²) in [5.74, 6) is -0.178. The SMILES string of the molecule is CO[C@@H]1CCOC2(C1)CN(Cc1ccc(F)cc1)C2. The highest BCUT2D eigenvalue weighted by Gasteiger charge is 2.47. The minimum absolute atomic E-state index is 0.00103. The van der Waals surface area contributed by atoms with Gasteiger partial charge in [0.25, 0.3) is 0 Å². The van der Waals surface area contributed by atoms with Crippen molar-refractivity contribution in [3.05, 3.63) is 35.6 Å². The predicted molar refractivity (Wildman–Crippen MR) is 70.4 cm³/mol. The highest BCUT2D eigenvalue weighted by molar-refractivity contribution is 5.17. The molecular formula is C15H20FNO2. The summed E-state index contributed by atoms with van der Waals surface area (Å²) in [6.07, 6.45) is 2.32. The Balaban J connectivity index is 1.53. The summed E-state index contributed by atoms with van der Waals surface area (Å²) in [6.45, 7) is 3.56. The van der Waals surface area contributed by atoms with Gasteiger partial charge in [0, 0.05) is 39.8 Å². The third-order valence-electron chi connectivity index (χ3n) is 4.12. The van der Waals surface area contributed by atoms with Gasteiger partial charge in [-0.05, 0) is 24.1 Å². The Bertz CT molecular complexity index is 428. The molecule has 1 atom stereocenters. The number of nitrogens with zero attached hydrogens (tertiary/aromatic N) is 1. The Labute approximate surface area is 113 Å². The van der Waals surface area contributed by atoms with Crippen LogP contribution in [0.15, 0.2) is 24.3 Å². The Hall–Kier alpha value is -0.970. The zero-order chi connectivity index (χ0) is 13.3. The van der Waals surface area contributed by atoms with Crippen molar-refractivity contribution in [3.8, 4) is 0 Å². The second-order valence-electron chi connectivity index (χ2n) is 5.65. The van der Waals surface area contributed by atoms with Gasteiger partial charge in [-0.1, -0.05) is 12.1 Å². The van der Waals surface area contributed by atoms with Gasteiger partial charge < -0.3 is 9.47 Å². The Morgan fingerprint density at radius 3 is 2.79 bits per heavy atom. The van der Waals surface area contributed by atoms with Crippen LogP contribution in [-0.2, 0) is 16.0 Å². The van der Waals surface area contributed by atoms with E-state index >= 15 is 0 Å². The monoisotopic (exact) mass is 265 g/mol. The van der Waals surface area contributed by atoms with Crippen LogP contribution in [0.2, 0.25) is 0 Å². The molecule has 0 amide bonds. The quantitative estimate of drug-likeness (QED) is 0.836. The van der Waals surface area contributed by atoms with Crippen LogP contribution in [0.4, 0.5) is 4.39 Å². The number of benzene rings is 1. The number of halogens is 1. The third-order valence-corrected chi connectivity index (χ3v) is 4.12. The molecule has 1 aromatic rings. The van der Waals surface area contributed by atoms with Crippen molar-refractivity contribution in [2.45, 2.75) is 31.1 Å². The van der Waals surface area contributed by atoms with Crippen molar-refractivity contribution in [1.82, 2.24) is 4.90 Å². The summed E-state index contributed by atoms with van der Waals surface area (Å²) in [4.78, 5) is 2.34. The van der Waals surface area contributed by atoms with Crippen LogP contribution in [-0.4, -0.2) is 43.4 Å². The molecule has 2 heterocycles. The minimum atomic E-state index is -0.178. The van der Waals surface area contributed by atoms with Gasteiger partial charge in [-0.15, -0.1) is 0 Å². The van der Waals surface area contributed by atoms with E-state index in [2.05, 4.69) is 4.90 Å². The van der Waals surface area contributed by atoms with E-state index in [1.807, 2.05) is 12.1 Å². The lowest BCUT2D eigenvalue weighted by molar-refractivity contribution is -0.195. The highest BCUT2D eigenvalue weighted by Crippen LogP contribution is 2.35. The van der Waals surface area contributed by atoms with Crippen molar-refractivity contribution in [1.29, 1.82) is 0 Å². The van der Waals surface area contributed by atoms with E-state index in [1.165, 1.54) is 12.1 Å². The standard InChI is InChI=1S/C15H20FNO2/c1-18-14-6-7-19-15(8-14)10-17(11-15)9-12-2-4-13(16)5-3-12/h2-5,14H,6-11H2,1H3/t14-/m1/s1. The first-order chi connectivity index (χ1) is 9.19. The van der Waals surface area contributed by atoms with Crippen molar-refractivity contribution < 1.29 is 13.9 Å². The normalized spacial score (nSPS) is 26.3. The van der Waals surface area contributed by atoms with Gasteiger partial charge in [0.05, 0.1) is 11.7 Å². The van der Waals surface area contributed by atoms with E-state index in [0.29, 0.717) is 6.10 Å². The van der Waals surface area contributed by atoms with Gasteiger partial charge in [0.15, 0.2) is 0 Å². The number of ether oxygens (including phenoxy) is 2. The van der Waals surface area contributed by atoms with Crippen LogP contribution in [0.25, 0.3) is 0 Å². The maximum Gasteiger partial charge on any atom is 0.123 e. The van der Waals surface area contributed by atoms with Crippen molar-refractivity contribution >= 4 is 0 Å². The van der Waals surface area contributed by atoms with Gasteiger partial charge in [-0.3, -0.25) is 4.90 Å². The largest absolute Gasteiger partial charge is 0.381 e. The lowest BCUT2D eigenvalue weighted by Gasteiger charge is -2.53. The molecule has 0 aliphatic carbocycles. The van der Waals surface area contributed by atoms with E-state index in [4.69, 9.17) is 9.47 Å². The first kappa shape index (κ1) is 13.0. The summed E-state index contributed by atoms with van der Waals surface area (Å²) in [5, 5.41) is 0. The van der Waals surface area contributed by atoms with Crippen LogP contribution in [0.5, 0.6) is 0 Å². The summed E-state index contributed by atoms with van der Waals surface area (Å²) >= 11 is 0. The van der Waals surface area contributed by atoms with E-state index in [-0.39, 0.29) is 11.4 Å². The smallest absolute Gasteiger partial charge is 0.123 e. The molecule has 2 saturated heterocycles. The maximum absolute atomic E-state index is 12.8. The summed E-state index contributed by atoms with van der Waals surface area (Å²) in [5.41, 5.74) is 1.15. The summed E-state index contributed by atoms with van der Waals surface area (Å²) in [6, 6.07) is 6.73. The molecule has 3 rings (SSSR count). The van der Waals surface area contributed by atoms with Crippen molar-refractivity contribution in [3.63, 3.8) is 0 Å². The van der Waals surface area contributed by atoms with Crippen LogP contribution in [0.3, 0.4) is 0 Å². The van der Waals surface area contributed by atoms with Gasteiger partial charge in [0.2, 0.25) is 0 Å². The molecule has 104 valence electrons. The van der Waals surface area contributed by atoms with Gasteiger partial charge in [-0.2, -0.15) is 0 Å². The molecule has 19 heavy (non-hydrogen) atoms. The van der Waals surface area contributed by atoms with Crippen molar-refractivity contribution in [2.24, 2.45) is 0 Å². The Morgan fingerprint density at radius 2 is 2.11 bits per heavy atom. The molecule has 0 N–H and O–H groups in total. The molecule has 1 spiro atoms. The molecule has 2 fully saturated rings. The number of hydrogen-bond donors (Lipinski definition) is 0. The molecule has 0 saturated carbocycles. The summed E-state index contributed by atoms with van der Waals surface area (Å²) in [7, 11) is 1.78. The molecule has 0 bridgehead atoms. The minimum Gasteiger partial charge on any atom is -0.381 e. The zero-order valence-corrected chi connectivity index (χ0v) is 11.3. The Morgan fingerprint density at radius 1 is 1.37 bits per heavy atom. The average Bonchev–Trinajstić information content (AvgIpc) is 2.40. The number of methoxy groups -OCH3 is 1. The molecule has 4 heteroatoms. The first-order valence-corrected chi connectivity index (χ1v) is 6.83. The van der Waals surface area contributed by atoms with E-state index < -0.39 is 0 Å². The van der Waals surface area contributed by atoms with E-state index in [1.54, 1.807) is 7.11 Å². The van der Waals surface area contributed by atoms with Crippen molar-refractivity contribution in [2.75, 3.05) is 26.8 Å². The zero-order valence-electron chi connectivity index (χ0n) is 11.3. The third kappa shape index (κ3) is 2.81. The molecule has 2 aliphatic heterocycles. The van der Waals surface area contributed by atoms with Crippen LogP contribution in [0.1, 0.15) is 18.4 Å². The topological polar surface area (TPSA) is 21.7 Å². The molecule has 0 aromatic heterocycles. The molecular weight excluding hydrogens is 245 g/mol. The summed E-state index contributed by atoms with van der Waals surface area (Å²) < 4.78 is 24.2. The van der Waals surface area contributed by atoms with E-state index in [0.717, 1.165) is 44.6 Å². The van der Waals surface area contributed by atoms with Gasteiger partial charge >= 0.3 is 0 Å². The average molecular weight is 265 g/mol. The fourth-order valence-electron chi connectivity index (χ4n) is 3.13. The molecule has 3 nitrogen and oxygen atoms in total. The fourth-order valence-corrected chi connectivity index (χ4v) is 3.13. The van der Waals surface area contributed by atoms with Gasteiger partial charge in [-0.25, -0.2) is 4.39 Å². The molecule has 0 radical (unpaired) electrons. The molecule has 0 unspecified atom stereocenters. The van der Waals surface area contributed by atoms with E-state index in [9.17, 15) is 4.39 Å². The van der Waals surface area contributed by atoms with Gasteiger partial charge in [0.1, 0.15) is 5.82 Å². The number of rotatable bonds is 3. The maximum atomic E-state index is 12.8. The first-order valence-electron chi connectivity index (χ1n) is 6.83. The lowest BCUT2D eigenvalue weighted by atomic mass is 9.84. The second-order valence-corrected chi connectivity index (χ2v) is 5.65. The number of hydrogen-bond acceptors (Lipinski definition) is 3. The molecule has 1 aromatic carbocycles. The van der Waals surface area contributed by atoms with Crippen LogP contribution < -0.4 is 0 Å². The second kappa shape index (κ2) is 5.19. The van der Waals surface area contributed by atoms with Crippen LogP contribution >= 0.6 is 0 Å². The predicted octanol–water partition coefficient (Wildman–Crippen LogP) is 2.21. The lowest BCUT2D eigenvalue weighted by Crippen LogP contribution is -2.65. The molecule has 2 aliphatic rings. The number of likely N-dealkylation sites (tertiary alicyclic amines) is 1. The fraction of sp³-hybridized carbons (Fsp3) is 0.600. The highest BCUT2D eigenvalue weighted by atomic mass is 19.1.